The van der Waals surface area contributed by atoms with Crippen molar-refractivity contribution in [1.29, 1.82) is 0 Å². The summed E-state index contributed by atoms with van der Waals surface area (Å²) in [6.07, 6.45) is 1.89. The molecular formula is C13H15F2N3O. The maximum Gasteiger partial charge on any atom is 0.161 e. The van der Waals surface area contributed by atoms with E-state index in [0.717, 1.165) is 12.5 Å². The summed E-state index contributed by atoms with van der Waals surface area (Å²) in [5.41, 5.74) is 0.154. The minimum Gasteiger partial charge on any atom is -0.371 e. The van der Waals surface area contributed by atoms with E-state index in [4.69, 9.17) is 4.74 Å². The topological polar surface area (TPSA) is 39.9 Å². The van der Waals surface area contributed by atoms with Crippen molar-refractivity contribution in [2.75, 3.05) is 6.61 Å². The van der Waals surface area contributed by atoms with Crippen molar-refractivity contribution in [2.45, 2.75) is 26.4 Å². The number of hydrogen-bond donors (Lipinski definition) is 0. The molecule has 1 atom stereocenters. The molecule has 102 valence electrons. The predicted molar refractivity (Wildman–Crippen MR) is 65.9 cm³/mol. The third kappa shape index (κ3) is 2.96. The first kappa shape index (κ1) is 13.6. The summed E-state index contributed by atoms with van der Waals surface area (Å²) >= 11 is 0. The average Bonchev–Trinajstić information content (AvgIpc) is 2.85. The highest BCUT2D eigenvalue weighted by Crippen LogP contribution is 2.20. The summed E-state index contributed by atoms with van der Waals surface area (Å²) in [6, 6.07) is 3.33. The minimum absolute atomic E-state index is 0.154. The standard InChI is InChI=1S/C13H15F2N3O/c1-3-6-19-9(2)13-16-8-17-18(13)12-5-4-10(14)7-11(12)15/h4-5,7-9H,3,6H2,1-2H3/t9-/m0/s1. The van der Waals surface area contributed by atoms with Gasteiger partial charge in [0.05, 0.1) is 0 Å². The summed E-state index contributed by atoms with van der Waals surface area (Å²) in [5, 5.41) is 3.97. The highest BCUT2D eigenvalue weighted by atomic mass is 19.1. The number of halogens is 2. The van der Waals surface area contributed by atoms with E-state index in [9.17, 15) is 8.78 Å². The minimum atomic E-state index is -0.686. The summed E-state index contributed by atoms with van der Waals surface area (Å²) in [4.78, 5) is 4.08. The van der Waals surface area contributed by atoms with Gasteiger partial charge in [-0.15, -0.1) is 0 Å². The Morgan fingerprint density at radius 3 is 2.84 bits per heavy atom. The van der Waals surface area contributed by atoms with Gasteiger partial charge < -0.3 is 4.74 Å². The second-order valence-corrected chi connectivity index (χ2v) is 4.14. The van der Waals surface area contributed by atoms with Crippen molar-refractivity contribution >= 4 is 0 Å². The molecule has 0 saturated carbocycles. The zero-order valence-corrected chi connectivity index (χ0v) is 10.8. The van der Waals surface area contributed by atoms with Crippen LogP contribution < -0.4 is 0 Å². The molecule has 0 saturated heterocycles. The van der Waals surface area contributed by atoms with Crippen LogP contribution >= 0.6 is 0 Å². The molecule has 0 spiro atoms. The molecule has 0 N–H and O–H groups in total. The SMILES string of the molecule is CCCO[C@@H](C)c1ncnn1-c1ccc(F)cc1F. The van der Waals surface area contributed by atoms with Crippen LogP contribution in [0.2, 0.25) is 0 Å². The van der Waals surface area contributed by atoms with Gasteiger partial charge in [0.1, 0.15) is 23.9 Å². The largest absolute Gasteiger partial charge is 0.371 e. The Morgan fingerprint density at radius 1 is 1.37 bits per heavy atom. The molecule has 4 nitrogen and oxygen atoms in total. The second kappa shape index (κ2) is 5.88. The smallest absolute Gasteiger partial charge is 0.161 e. The average molecular weight is 267 g/mol. The van der Waals surface area contributed by atoms with E-state index in [-0.39, 0.29) is 11.8 Å². The van der Waals surface area contributed by atoms with E-state index >= 15 is 0 Å². The van der Waals surface area contributed by atoms with Crippen LogP contribution in [0.1, 0.15) is 32.2 Å². The fourth-order valence-corrected chi connectivity index (χ4v) is 1.74. The normalized spacial score (nSPS) is 12.6. The Balaban J connectivity index is 2.33. The van der Waals surface area contributed by atoms with Gasteiger partial charge in [0, 0.05) is 12.7 Å². The van der Waals surface area contributed by atoms with E-state index in [1.54, 1.807) is 0 Å². The summed E-state index contributed by atoms with van der Waals surface area (Å²) in [5.74, 6) is -0.827. The molecule has 0 radical (unpaired) electrons. The van der Waals surface area contributed by atoms with Gasteiger partial charge in [0.15, 0.2) is 11.6 Å². The van der Waals surface area contributed by atoms with Crippen LogP contribution in [0.4, 0.5) is 8.78 Å². The van der Waals surface area contributed by atoms with E-state index in [0.29, 0.717) is 12.4 Å². The van der Waals surface area contributed by atoms with Gasteiger partial charge in [-0.1, -0.05) is 6.92 Å². The van der Waals surface area contributed by atoms with Gasteiger partial charge in [-0.05, 0) is 25.5 Å². The Bertz CT molecular complexity index is 557. The lowest BCUT2D eigenvalue weighted by atomic mass is 10.3. The van der Waals surface area contributed by atoms with Gasteiger partial charge in [0.25, 0.3) is 0 Å². The first-order chi connectivity index (χ1) is 9.13. The van der Waals surface area contributed by atoms with Crippen LogP contribution in [0.25, 0.3) is 5.69 Å². The van der Waals surface area contributed by atoms with Crippen LogP contribution in [-0.2, 0) is 4.74 Å². The first-order valence-electron chi connectivity index (χ1n) is 6.10. The first-order valence-corrected chi connectivity index (χ1v) is 6.10. The molecule has 0 amide bonds. The summed E-state index contributed by atoms with van der Waals surface area (Å²) < 4.78 is 33.5. The predicted octanol–water partition coefficient (Wildman–Crippen LogP) is 3.03. The fourth-order valence-electron chi connectivity index (χ4n) is 1.74. The summed E-state index contributed by atoms with van der Waals surface area (Å²) in [7, 11) is 0. The molecule has 0 unspecified atom stereocenters. The molecule has 6 heteroatoms. The van der Waals surface area contributed by atoms with Crippen molar-refractivity contribution in [1.82, 2.24) is 14.8 Å². The van der Waals surface area contributed by atoms with E-state index < -0.39 is 11.6 Å². The van der Waals surface area contributed by atoms with Gasteiger partial charge in [-0.3, -0.25) is 0 Å². The lowest BCUT2D eigenvalue weighted by Gasteiger charge is -2.13. The van der Waals surface area contributed by atoms with Gasteiger partial charge in [0.2, 0.25) is 0 Å². The highest BCUT2D eigenvalue weighted by molar-refractivity contribution is 5.33. The van der Waals surface area contributed by atoms with Crippen molar-refractivity contribution in [2.24, 2.45) is 0 Å². The molecule has 2 rings (SSSR count). The molecule has 0 aliphatic heterocycles. The van der Waals surface area contributed by atoms with E-state index in [1.807, 2.05) is 13.8 Å². The monoisotopic (exact) mass is 267 g/mol. The maximum atomic E-state index is 13.7. The maximum absolute atomic E-state index is 13.7. The van der Waals surface area contributed by atoms with E-state index in [1.165, 1.54) is 23.1 Å². The zero-order valence-electron chi connectivity index (χ0n) is 10.8. The van der Waals surface area contributed by atoms with Crippen molar-refractivity contribution in [3.05, 3.63) is 42.0 Å². The molecule has 2 aromatic rings. The third-order valence-electron chi connectivity index (χ3n) is 2.65. The van der Waals surface area contributed by atoms with Crippen molar-refractivity contribution in [3.8, 4) is 5.69 Å². The Kier molecular flexibility index (Phi) is 4.21. The number of rotatable bonds is 5. The van der Waals surface area contributed by atoms with E-state index in [2.05, 4.69) is 10.1 Å². The molecular weight excluding hydrogens is 252 g/mol. The molecule has 1 aromatic carbocycles. The quantitative estimate of drug-likeness (QED) is 0.836. The number of hydrogen-bond acceptors (Lipinski definition) is 3. The van der Waals surface area contributed by atoms with Crippen LogP contribution in [0, 0.1) is 11.6 Å². The van der Waals surface area contributed by atoms with Crippen molar-refractivity contribution < 1.29 is 13.5 Å². The molecule has 1 aromatic heterocycles. The lowest BCUT2D eigenvalue weighted by Crippen LogP contribution is -2.11. The van der Waals surface area contributed by atoms with Gasteiger partial charge in [-0.2, -0.15) is 5.10 Å². The van der Waals surface area contributed by atoms with Crippen LogP contribution in [0.5, 0.6) is 0 Å². The van der Waals surface area contributed by atoms with Gasteiger partial charge in [-0.25, -0.2) is 18.4 Å². The van der Waals surface area contributed by atoms with Crippen LogP contribution in [0.3, 0.4) is 0 Å². The molecule has 19 heavy (non-hydrogen) atoms. The lowest BCUT2D eigenvalue weighted by molar-refractivity contribution is 0.0587. The molecule has 0 aliphatic carbocycles. The number of aromatic nitrogens is 3. The van der Waals surface area contributed by atoms with Crippen LogP contribution in [-0.4, -0.2) is 21.4 Å². The Morgan fingerprint density at radius 2 is 2.16 bits per heavy atom. The molecule has 0 bridgehead atoms. The number of ether oxygens (including phenoxy) is 1. The fraction of sp³-hybridized carbons (Fsp3) is 0.385. The number of benzene rings is 1. The molecule has 0 aliphatic rings. The Hall–Kier alpha value is -1.82. The summed E-state index contributed by atoms with van der Waals surface area (Å²) in [6.45, 7) is 4.40. The van der Waals surface area contributed by atoms with Crippen LogP contribution in [0.15, 0.2) is 24.5 Å². The van der Waals surface area contributed by atoms with Gasteiger partial charge >= 0.3 is 0 Å². The molecule has 0 fully saturated rings. The second-order valence-electron chi connectivity index (χ2n) is 4.14. The zero-order chi connectivity index (χ0) is 13.8. The Labute approximate surface area is 110 Å². The third-order valence-corrected chi connectivity index (χ3v) is 2.65. The molecule has 1 heterocycles. The highest BCUT2D eigenvalue weighted by Gasteiger charge is 2.17. The van der Waals surface area contributed by atoms with Crippen molar-refractivity contribution in [3.63, 3.8) is 0 Å². The number of nitrogens with zero attached hydrogens (tertiary/aromatic N) is 3.